The van der Waals surface area contributed by atoms with Gasteiger partial charge in [-0.25, -0.2) is 4.98 Å². The van der Waals surface area contributed by atoms with Crippen LogP contribution >= 0.6 is 11.3 Å². The minimum Gasteiger partial charge on any atom is -0.486 e. The van der Waals surface area contributed by atoms with E-state index in [4.69, 9.17) is 4.74 Å². The molecule has 0 saturated heterocycles. The van der Waals surface area contributed by atoms with Crippen LogP contribution in [0.15, 0.2) is 53.7 Å². The molecule has 1 heterocycles. The summed E-state index contributed by atoms with van der Waals surface area (Å²) in [5.41, 5.74) is 1.98. The lowest BCUT2D eigenvalue weighted by atomic mass is 10.2. The van der Waals surface area contributed by atoms with Gasteiger partial charge in [-0.3, -0.25) is 0 Å². The first-order valence-electron chi connectivity index (χ1n) is 6.49. The smallest absolute Gasteiger partial charge is 0.140 e. The molecule has 21 heavy (non-hydrogen) atoms. The topological polar surface area (TPSA) is 43.7 Å². The van der Waals surface area contributed by atoms with Crippen LogP contribution < -0.4 is 4.74 Å². The summed E-state index contributed by atoms with van der Waals surface area (Å²) < 4.78 is 6.94. The van der Waals surface area contributed by atoms with Crippen molar-refractivity contribution in [1.82, 2.24) is 4.98 Å². The molecule has 0 amide bonds. The minimum absolute atomic E-state index is 0.477. The number of aromatic nitrogens is 1. The van der Waals surface area contributed by atoms with Crippen LogP contribution in [-0.2, 0) is 11.4 Å². The highest BCUT2D eigenvalue weighted by atomic mass is 32.1. The summed E-state index contributed by atoms with van der Waals surface area (Å²) in [6.07, 6.45) is 1.65. The second-order valence-electron chi connectivity index (χ2n) is 4.35. The average molecular weight is 298 g/mol. The van der Waals surface area contributed by atoms with E-state index in [0.29, 0.717) is 6.61 Å². The molecule has 0 aliphatic heterocycles. The van der Waals surface area contributed by atoms with Crippen molar-refractivity contribution >= 4 is 27.8 Å². The van der Waals surface area contributed by atoms with Crippen LogP contribution in [0.1, 0.15) is 10.6 Å². The molecule has 0 fully saturated rings. The van der Waals surface area contributed by atoms with Gasteiger partial charge in [0.15, 0.2) is 0 Å². The molecule has 2 aromatic carbocycles. The van der Waals surface area contributed by atoms with E-state index < -0.39 is 0 Å². The molecule has 0 aliphatic rings. The first-order valence-corrected chi connectivity index (χ1v) is 7.30. The largest absolute Gasteiger partial charge is 0.486 e. The first kappa shape index (κ1) is 13.6. The summed E-state index contributed by atoms with van der Waals surface area (Å²) in [6.45, 7) is 0.477. The summed E-state index contributed by atoms with van der Waals surface area (Å²) >= 11 is 1.66. The van der Waals surface area contributed by atoms with Gasteiger partial charge in [0.2, 0.25) is 0 Å². The van der Waals surface area contributed by atoms with Crippen molar-refractivity contribution < 1.29 is 9.57 Å². The lowest BCUT2D eigenvalue weighted by Gasteiger charge is -2.03. The zero-order valence-electron chi connectivity index (χ0n) is 11.5. The van der Waals surface area contributed by atoms with Gasteiger partial charge in [-0.1, -0.05) is 17.3 Å². The molecule has 0 atom stereocenters. The van der Waals surface area contributed by atoms with Crippen molar-refractivity contribution in [1.29, 1.82) is 0 Å². The molecular formula is C16H14N2O2S. The van der Waals surface area contributed by atoms with E-state index in [1.165, 1.54) is 11.8 Å². The van der Waals surface area contributed by atoms with Gasteiger partial charge >= 0.3 is 0 Å². The molecule has 0 N–H and O–H groups in total. The number of hydrogen-bond acceptors (Lipinski definition) is 5. The summed E-state index contributed by atoms with van der Waals surface area (Å²) in [7, 11) is 1.52. The number of nitrogens with zero attached hydrogens (tertiary/aromatic N) is 2. The minimum atomic E-state index is 0.477. The molecule has 3 aromatic rings. The van der Waals surface area contributed by atoms with Gasteiger partial charge in [0, 0.05) is 0 Å². The van der Waals surface area contributed by atoms with E-state index in [1.54, 1.807) is 17.6 Å². The highest BCUT2D eigenvalue weighted by molar-refractivity contribution is 7.18. The van der Waals surface area contributed by atoms with Crippen LogP contribution in [0, 0.1) is 0 Å². The van der Waals surface area contributed by atoms with Crippen LogP contribution in [0.25, 0.3) is 10.2 Å². The zero-order valence-corrected chi connectivity index (χ0v) is 12.3. The van der Waals surface area contributed by atoms with Crippen molar-refractivity contribution in [2.45, 2.75) is 6.61 Å². The molecule has 0 aliphatic carbocycles. The monoisotopic (exact) mass is 298 g/mol. The number of hydrogen-bond donors (Lipinski definition) is 0. The van der Waals surface area contributed by atoms with Crippen LogP contribution in [0.4, 0.5) is 0 Å². The maximum Gasteiger partial charge on any atom is 0.140 e. The third kappa shape index (κ3) is 3.38. The normalized spacial score (nSPS) is 11.1. The maximum absolute atomic E-state index is 5.75. The van der Waals surface area contributed by atoms with Crippen molar-refractivity contribution in [3.05, 3.63) is 59.1 Å². The van der Waals surface area contributed by atoms with E-state index in [1.807, 2.05) is 42.5 Å². The van der Waals surface area contributed by atoms with E-state index in [-0.39, 0.29) is 0 Å². The van der Waals surface area contributed by atoms with Crippen LogP contribution in [0.3, 0.4) is 0 Å². The van der Waals surface area contributed by atoms with Crippen molar-refractivity contribution in [3.63, 3.8) is 0 Å². The predicted octanol–water partition coefficient (Wildman–Crippen LogP) is 3.86. The van der Waals surface area contributed by atoms with E-state index >= 15 is 0 Å². The van der Waals surface area contributed by atoms with Gasteiger partial charge in [-0.05, 0) is 42.0 Å². The predicted molar refractivity (Wildman–Crippen MR) is 85.0 cm³/mol. The number of benzene rings is 2. The molecule has 106 valence electrons. The highest BCUT2D eigenvalue weighted by Gasteiger charge is 2.03. The number of ether oxygens (including phenoxy) is 1. The summed E-state index contributed by atoms with van der Waals surface area (Å²) in [4.78, 5) is 9.18. The Bertz CT molecular complexity index is 717. The third-order valence-electron chi connectivity index (χ3n) is 2.89. The Morgan fingerprint density at radius 1 is 1.14 bits per heavy atom. The van der Waals surface area contributed by atoms with Gasteiger partial charge in [0.1, 0.15) is 24.5 Å². The quantitative estimate of drug-likeness (QED) is 0.531. The number of para-hydroxylation sites is 1. The molecular weight excluding hydrogens is 284 g/mol. The molecule has 0 unspecified atom stereocenters. The van der Waals surface area contributed by atoms with Crippen LogP contribution in [0.2, 0.25) is 0 Å². The van der Waals surface area contributed by atoms with Gasteiger partial charge < -0.3 is 9.57 Å². The summed E-state index contributed by atoms with van der Waals surface area (Å²) in [5.74, 6) is 0.809. The molecule has 0 radical (unpaired) electrons. The zero-order chi connectivity index (χ0) is 14.5. The number of fused-ring (bicyclic) bond motifs is 1. The Balaban J connectivity index is 1.65. The average Bonchev–Trinajstić information content (AvgIpc) is 2.95. The van der Waals surface area contributed by atoms with Crippen molar-refractivity contribution in [2.24, 2.45) is 5.16 Å². The van der Waals surface area contributed by atoms with Crippen molar-refractivity contribution in [3.8, 4) is 5.75 Å². The second-order valence-corrected chi connectivity index (χ2v) is 5.47. The summed E-state index contributed by atoms with van der Waals surface area (Å²) in [6, 6.07) is 15.8. The molecule has 0 saturated carbocycles. The number of oxime groups is 1. The van der Waals surface area contributed by atoms with Crippen molar-refractivity contribution in [2.75, 3.05) is 7.11 Å². The molecule has 5 heteroatoms. The van der Waals surface area contributed by atoms with Gasteiger partial charge in [0.25, 0.3) is 0 Å². The highest BCUT2D eigenvalue weighted by Crippen LogP contribution is 2.23. The van der Waals surface area contributed by atoms with Gasteiger partial charge in [-0.2, -0.15) is 0 Å². The number of rotatable bonds is 5. The Hall–Kier alpha value is -2.40. The standard InChI is InChI=1S/C16H14N2O2S/c1-19-17-10-12-6-8-13(9-7-12)20-11-16-18-14-4-2-3-5-15(14)21-16/h2-10H,11H2,1H3. The fourth-order valence-electron chi connectivity index (χ4n) is 1.89. The fraction of sp³-hybridized carbons (Fsp3) is 0.125. The van der Waals surface area contributed by atoms with E-state index in [2.05, 4.69) is 21.0 Å². The third-order valence-corrected chi connectivity index (χ3v) is 3.90. The van der Waals surface area contributed by atoms with E-state index in [9.17, 15) is 0 Å². The second kappa shape index (κ2) is 6.37. The number of thiazole rings is 1. The molecule has 3 rings (SSSR count). The van der Waals surface area contributed by atoms with Crippen LogP contribution in [0.5, 0.6) is 5.75 Å². The Labute approximate surface area is 126 Å². The Kier molecular flexibility index (Phi) is 4.12. The van der Waals surface area contributed by atoms with Gasteiger partial charge in [-0.15, -0.1) is 11.3 Å². The molecule has 4 nitrogen and oxygen atoms in total. The lowest BCUT2D eigenvalue weighted by Crippen LogP contribution is -1.94. The fourth-order valence-corrected chi connectivity index (χ4v) is 2.77. The van der Waals surface area contributed by atoms with Crippen LogP contribution in [-0.4, -0.2) is 18.3 Å². The van der Waals surface area contributed by atoms with Gasteiger partial charge in [0.05, 0.1) is 16.4 Å². The Morgan fingerprint density at radius 2 is 1.95 bits per heavy atom. The first-order chi connectivity index (χ1) is 10.3. The molecule has 0 bridgehead atoms. The molecule has 1 aromatic heterocycles. The summed E-state index contributed by atoms with van der Waals surface area (Å²) in [5, 5.41) is 4.69. The molecule has 0 spiro atoms. The maximum atomic E-state index is 5.75. The Morgan fingerprint density at radius 3 is 2.71 bits per heavy atom. The SMILES string of the molecule is CON=Cc1ccc(OCc2nc3ccccc3s2)cc1. The van der Waals surface area contributed by atoms with E-state index in [0.717, 1.165) is 21.8 Å². The lowest BCUT2D eigenvalue weighted by molar-refractivity contribution is 0.215.